The van der Waals surface area contributed by atoms with Crippen LogP contribution < -0.4 is 5.73 Å². The Hall–Kier alpha value is -1.13. The normalized spacial score (nSPS) is 10.8. The standard InChI is InChI=1S/C11H15N3S/c1-2-14-9(5-6-12)8-10(13-14)11-4-3-7-15-11/h3-4,7-8H,2,5-6,12H2,1H3. The molecule has 2 aromatic heterocycles. The second-order valence-electron chi connectivity index (χ2n) is 3.35. The van der Waals surface area contributed by atoms with Gasteiger partial charge < -0.3 is 5.73 Å². The minimum atomic E-state index is 0.676. The van der Waals surface area contributed by atoms with Gasteiger partial charge in [-0.3, -0.25) is 4.68 Å². The van der Waals surface area contributed by atoms with Crippen LogP contribution in [0.2, 0.25) is 0 Å². The Balaban J connectivity index is 2.34. The van der Waals surface area contributed by atoms with Crippen molar-refractivity contribution < 1.29 is 0 Å². The molecule has 0 fully saturated rings. The van der Waals surface area contributed by atoms with Gasteiger partial charge in [-0.15, -0.1) is 11.3 Å². The molecule has 0 radical (unpaired) electrons. The summed E-state index contributed by atoms with van der Waals surface area (Å²) in [6, 6.07) is 6.29. The average molecular weight is 221 g/mol. The fourth-order valence-corrected chi connectivity index (χ4v) is 2.30. The topological polar surface area (TPSA) is 43.8 Å². The van der Waals surface area contributed by atoms with Crippen molar-refractivity contribution in [2.75, 3.05) is 6.54 Å². The van der Waals surface area contributed by atoms with E-state index in [2.05, 4.69) is 29.5 Å². The van der Waals surface area contributed by atoms with Crippen LogP contribution in [0, 0.1) is 0 Å². The van der Waals surface area contributed by atoms with Gasteiger partial charge in [-0.2, -0.15) is 5.10 Å². The van der Waals surface area contributed by atoms with E-state index >= 15 is 0 Å². The van der Waals surface area contributed by atoms with Crippen molar-refractivity contribution >= 4 is 11.3 Å². The molecule has 2 aromatic rings. The van der Waals surface area contributed by atoms with Gasteiger partial charge >= 0.3 is 0 Å². The summed E-state index contributed by atoms with van der Waals surface area (Å²) < 4.78 is 2.03. The second-order valence-corrected chi connectivity index (χ2v) is 4.30. The molecule has 4 heteroatoms. The number of hydrogen-bond acceptors (Lipinski definition) is 3. The molecule has 0 aromatic carbocycles. The first-order valence-corrected chi connectivity index (χ1v) is 6.03. The molecule has 0 aliphatic rings. The number of nitrogens with zero attached hydrogens (tertiary/aromatic N) is 2. The van der Waals surface area contributed by atoms with E-state index in [9.17, 15) is 0 Å². The number of aromatic nitrogens is 2. The molecule has 15 heavy (non-hydrogen) atoms. The second kappa shape index (κ2) is 4.59. The van der Waals surface area contributed by atoms with Crippen molar-refractivity contribution in [2.24, 2.45) is 5.73 Å². The monoisotopic (exact) mass is 221 g/mol. The molecule has 0 saturated carbocycles. The molecule has 0 aliphatic heterocycles. The summed E-state index contributed by atoms with van der Waals surface area (Å²) >= 11 is 1.72. The van der Waals surface area contributed by atoms with Crippen molar-refractivity contribution in [3.63, 3.8) is 0 Å². The van der Waals surface area contributed by atoms with Gasteiger partial charge in [-0.1, -0.05) is 6.07 Å². The molecular formula is C11H15N3S. The average Bonchev–Trinajstić information content (AvgIpc) is 2.84. The summed E-state index contributed by atoms with van der Waals surface area (Å²) in [6.07, 6.45) is 0.895. The molecule has 0 bridgehead atoms. The fourth-order valence-electron chi connectivity index (χ4n) is 1.62. The quantitative estimate of drug-likeness (QED) is 0.859. The van der Waals surface area contributed by atoms with Crippen molar-refractivity contribution in [1.82, 2.24) is 9.78 Å². The van der Waals surface area contributed by atoms with Crippen molar-refractivity contribution in [1.29, 1.82) is 0 Å². The van der Waals surface area contributed by atoms with Crippen LogP contribution in [0.3, 0.4) is 0 Å². The van der Waals surface area contributed by atoms with E-state index in [1.54, 1.807) is 11.3 Å². The van der Waals surface area contributed by atoms with Crippen LogP contribution in [-0.4, -0.2) is 16.3 Å². The van der Waals surface area contributed by atoms with Gasteiger partial charge in [-0.25, -0.2) is 0 Å². The third kappa shape index (κ3) is 2.11. The van der Waals surface area contributed by atoms with Crippen LogP contribution in [0.4, 0.5) is 0 Å². The summed E-state index contributed by atoms with van der Waals surface area (Å²) in [5, 5.41) is 6.63. The summed E-state index contributed by atoms with van der Waals surface area (Å²) in [6.45, 7) is 3.68. The third-order valence-corrected chi connectivity index (χ3v) is 3.23. The highest BCUT2D eigenvalue weighted by atomic mass is 32.1. The van der Waals surface area contributed by atoms with E-state index in [4.69, 9.17) is 5.73 Å². The Morgan fingerprint density at radius 3 is 3.00 bits per heavy atom. The van der Waals surface area contributed by atoms with Gasteiger partial charge in [-0.05, 0) is 31.0 Å². The smallest absolute Gasteiger partial charge is 0.103 e. The van der Waals surface area contributed by atoms with E-state index in [0.29, 0.717) is 6.54 Å². The zero-order valence-electron chi connectivity index (χ0n) is 8.81. The van der Waals surface area contributed by atoms with E-state index < -0.39 is 0 Å². The lowest BCUT2D eigenvalue weighted by Crippen LogP contribution is -2.08. The Morgan fingerprint density at radius 1 is 1.53 bits per heavy atom. The van der Waals surface area contributed by atoms with Crippen LogP contribution >= 0.6 is 11.3 Å². The largest absolute Gasteiger partial charge is 0.330 e. The molecule has 2 heterocycles. The van der Waals surface area contributed by atoms with Gasteiger partial charge in [0, 0.05) is 18.7 Å². The highest BCUT2D eigenvalue weighted by Gasteiger charge is 2.08. The van der Waals surface area contributed by atoms with Crippen LogP contribution in [0.5, 0.6) is 0 Å². The Bertz CT molecular complexity index is 417. The molecule has 0 atom stereocenters. The predicted octanol–water partition coefficient (Wildman–Crippen LogP) is 2.13. The zero-order chi connectivity index (χ0) is 10.7. The van der Waals surface area contributed by atoms with Crippen LogP contribution in [0.25, 0.3) is 10.6 Å². The van der Waals surface area contributed by atoms with Crippen LogP contribution in [0.1, 0.15) is 12.6 Å². The van der Waals surface area contributed by atoms with E-state index in [1.807, 2.05) is 10.7 Å². The highest BCUT2D eigenvalue weighted by Crippen LogP contribution is 2.24. The molecule has 0 unspecified atom stereocenters. The number of nitrogens with two attached hydrogens (primary N) is 1. The summed E-state index contributed by atoms with van der Waals surface area (Å²) in [7, 11) is 0. The Morgan fingerprint density at radius 2 is 2.40 bits per heavy atom. The van der Waals surface area contributed by atoms with Crippen molar-refractivity contribution in [2.45, 2.75) is 19.9 Å². The van der Waals surface area contributed by atoms with E-state index in [-0.39, 0.29) is 0 Å². The van der Waals surface area contributed by atoms with E-state index in [0.717, 1.165) is 18.7 Å². The Kier molecular flexibility index (Phi) is 3.18. The summed E-state index contributed by atoms with van der Waals surface area (Å²) in [5.74, 6) is 0. The molecule has 0 amide bonds. The van der Waals surface area contributed by atoms with Gasteiger partial charge in [0.2, 0.25) is 0 Å². The molecule has 2 N–H and O–H groups in total. The zero-order valence-corrected chi connectivity index (χ0v) is 9.63. The maximum Gasteiger partial charge on any atom is 0.103 e. The number of hydrogen-bond donors (Lipinski definition) is 1. The molecule has 0 saturated heterocycles. The fraction of sp³-hybridized carbons (Fsp3) is 0.364. The maximum atomic E-state index is 5.57. The van der Waals surface area contributed by atoms with Gasteiger partial charge in [0.1, 0.15) is 5.69 Å². The molecule has 2 rings (SSSR count). The van der Waals surface area contributed by atoms with E-state index in [1.165, 1.54) is 10.6 Å². The lowest BCUT2D eigenvalue weighted by atomic mass is 10.2. The Labute approximate surface area is 93.5 Å². The highest BCUT2D eigenvalue weighted by molar-refractivity contribution is 7.13. The molecule has 0 aliphatic carbocycles. The van der Waals surface area contributed by atoms with Gasteiger partial charge in [0.05, 0.1) is 4.88 Å². The minimum Gasteiger partial charge on any atom is -0.330 e. The molecule has 80 valence electrons. The molecule has 3 nitrogen and oxygen atoms in total. The number of rotatable bonds is 4. The number of aryl methyl sites for hydroxylation is 1. The summed E-state index contributed by atoms with van der Waals surface area (Å²) in [5.41, 5.74) is 7.86. The van der Waals surface area contributed by atoms with Crippen LogP contribution in [0.15, 0.2) is 23.6 Å². The maximum absolute atomic E-state index is 5.57. The first-order valence-electron chi connectivity index (χ1n) is 5.15. The lowest BCUT2D eigenvalue weighted by molar-refractivity contribution is 0.622. The first kappa shape index (κ1) is 10.4. The predicted molar refractivity (Wildman–Crippen MR) is 64.0 cm³/mol. The number of thiophene rings is 1. The minimum absolute atomic E-state index is 0.676. The first-order chi connectivity index (χ1) is 7.35. The third-order valence-electron chi connectivity index (χ3n) is 2.34. The SMILES string of the molecule is CCn1nc(-c2cccs2)cc1CCN. The van der Waals surface area contributed by atoms with Crippen molar-refractivity contribution in [3.8, 4) is 10.6 Å². The summed E-state index contributed by atoms with van der Waals surface area (Å²) in [4.78, 5) is 1.22. The lowest BCUT2D eigenvalue weighted by Gasteiger charge is -2.00. The van der Waals surface area contributed by atoms with Gasteiger partial charge in [0.25, 0.3) is 0 Å². The van der Waals surface area contributed by atoms with Gasteiger partial charge in [0.15, 0.2) is 0 Å². The van der Waals surface area contributed by atoms with Crippen LogP contribution in [-0.2, 0) is 13.0 Å². The molecule has 0 spiro atoms. The van der Waals surface area contributed by atoms with Crippen molar-refractivity contribution in [3.05, 3.63) is 29.3 Å². The molecular weight excluding hydrogens is 206 g/mol.